The molecule has 2 heterocycles. The largest absolute Gasteiger partial charge is 0.493 e. The first-order chi connectivity index (χ1) is 19.3. The highest BCUT2D eigenvalue weighted by Gasteiger charge is 2.30. The topological polar surface area (TPSA) is 94.1 Å². The summed E-state index contributed by atoms with van der Waals surface area (Å²) < 4.78 is 26.8. The second-order valence-corrected chi connectivity index (χ2v) is 10.7. The molecule has 5 aromatic rings. The maximum Gasteiger partial charge on any atom is 0.251 e. The number of H-pyrrole nitrogens is 1. The van der Waals surface area contributed by atoms with Crippen LogP contribution in [0.5, 0.6) is 11.5 Å². The molecule has 0 aliphatic carbocycles. The van der Waals surface area contributed by atoms with Crippen molar-refractivity contribution >= 4 is 28.7 Å². The average Bonchev–Trinajstić information content (AvgIpc) is 3.62. The molecule has 0 saturated heterocycles. The Morgan fingerprint density at radius 2 is 1.80 bits per heavy atom. The van der Waals surface area contributed by atoms with Crippen LogP contribution in [0.15, 0.2) is 78.3 Å². The summed E-state index contributed by atoms with van der Waals surface area (Å²) in [6, 6.07) is 17.6. The van der Waals surface area contributed by atoms with E-state index in [4.69, 9.17) is 14.5 Å². The Morgan fingerprint density at radius 1 is 1.02 bits per heavy atom. The van der Waals surface area contributed by atoms with Gasteiger partial charge in [0.15, 0.2) is 16.7 Å². The number of carbonyl (C=O) groups is 1. The van der Waals surface area contributed by atoms with Crippen LogP contribution in [0.25, 0.3) is 16.7 Å². The van der Waals surface area contributed by atoms with Crippen molar-refractivity contribution in [2.75, 3.05) is 26.5 Å². The molecule has 0 spiro atoms. The van der Waals surface area contributed by atoms with Crippen LogP contribution in [0.1, 0.15) is 35.5 Å². The van der Waals surface area contributed by atoms with Crippen LogP contribution in [0.2, 0.25) is 0 Å². The predicted molar refractivity (Wildman–Crippen MR) is 154 cm³/mol. The highest BCUT2D eigenvalue weighted by molar-refractivity contribution is 7.99. The Bertz CT molecular complexity index is 1650. The third-order valence-corrected chi connectivity index (χ3v) is 7.82. The number of methoxy groups -OCH3 is 2. The zero-order valence-electron chi connectivity index (χ0n) is 22.7. The maximum absolute atomic E-state index is 13.8. The first kappa shape index (κ1) is 27.3. The fourth-order valence-corrected chi connectivity index (χ4v) is 5.42. The Balaban J connectivity index is 1.38. The van der Waals surface area contributed by atoms with Gasteiger partial charge in [-0.05, 0) is 60.2 Å². The van der Waals surface area contributed by atoms with Gasteiger partial charge in [-0.25, -0.2) is 14.4 Å². The fraction of sp³-hybridized carbons (Fsp3) is 0.233. The molecule has 8 nitrogen and oxygen atoms in total. The minimum atomic E-state index is -0.487. The standard InChI is InChI=1S/C30H30FN5O3S/c1-30(2,20-6-12-25(38-3)26(16-20)39-4)27-17-33-29(36(27)22-9-7-21(31)8-10-22)40-14-13-32-28(37)19-5-11-23-24(15-19)35-18-34-23/h5-12,15-18H,13-14H2,1-4H3,(H,32,37)(H,34,35). The van der Waals surface area contributed by atoms with Gasteiger partial charge < -0.3 is 19.8 Å². The highest BCUT2D eigenvalue weighted by atomic mass is 32.2. The van der Waals surface area contributed by atoms with Gasteiger partial charge in [0.25, 0.3) is 5.91 Å². The number of hydrogen-bond donors (Lipinski definition) is 2. The predicted octanol–water partition coefficient (Wildman–Crippen LogP) is 5.75. The number of amides is 1. The van der Waals surface area contributed by atoms with Gasteiger partial charge in [0.2, 0.25) is 0 Å². The number of ether oxygens (including phenoxy) is 2. The summed E-state index contributed by atoms with van der Waals surface area (Å²) in [6.45, 7) is 4.65. The lowest BCUT2D eigenvalue weighted by molar-refractivity contribution is 0.0956. The fourth-order valence-electron chi connectivity index (χ4n) is 4.58. The van der Waals surface area contributed by atoms with Crippen LogP contribution in [0, 0.1) is 5.82 Å². The molecule has 0 aliphatic heterocycles. The van der Waals surface area contributed by atoms with Crippen LogP contribution < -0.4 is 14.8 Å². The molecular formula is C30H30FN5O3S. The van der Waals surface area contributed by atoms with E-state index in [2.05, 4.69) is 29.1 Å². The summed E-state index contributed by atoms with van der Waals surface area (Å²) in [5.74, 6) is 1.41. The summed E-state index contributed by atoms with van der Waals surface area (Å²) in [5.41, 5.74) is 4.42. The van der Waals surface area contributed by atoms with E-state index in [0.29, 0.717) is 29.4 Å². The minimum Gasteiger partial charge on any atom is -0.493 e. The zero-order valence-corrected chi connectivity index (χ0v) is 23.5. The molecule has 5 rings (SSSR count). The van der Waals surface area contributed by atoms with Crippen LogP contribution >= 0.6 is 11.8 Å². The van der Waals surface area contributed by atoms with Gasteiger partial charge in [0, 0.05) is 29.0 Å². The molecule has 0 fully saturated rings. The van der Waals surface area contributed by atoms with Gasteiger partial charge in [-0.15, -0.1) is 0 Å². The lowest BCUT2D eigenvalue weighted by atomic mass is 9.81. The quantitative estimate of drug-likeness (QED) is 0.167. The van der Waals surface area contributed by atoms with Crippen molar-refractivity contribution in [1.82, 2.24) is 24.8 Å². The smallest absolute Gasteiger partial charge is 0.251 e. The molecule has 0 radical (unpaired) electrons. The average molecular weight is 560 g/mol. The molecule has 2 aromatic heterocycles. The Kier molecular flexibility index (Phi) is 7.79. The van der Waals surface area contributed by atoms with E-state index >= 15 is 0 Å². The number of benzene rings is 3. The second kappa shape index (κ2) is 11.4. The van der Waals surface area contributed by atoms with Gasteiger partial charge in [-0.1, -0.05) is 31.7 Å². The summed E-state index contributed by atoms with van der Waals surface area (Å²) in [7, 11) is 3.22. The number of halogens is 1. The molecule has 1 amide bonds. The second-order valence-electron chi connectivity index (χ2n) is 9.67. The summed E-state index contributed by atoms with van der Waals surface area (Å²) in [4.78, 5) is 24.7. The van der Waals surface area contributed by atoms with Crippen LogP contribution in [0.3, 0.4) is 0 Å². The number of nitrogens with one attached hydrogen (secondary N) is 2. The van der Waals surface area contributed by atoms with E-state index in [1.165, 1.54) is 23.9 Å². The van der Waals surface area contributed by atoms with Crippen LogP contribution in [-0.4, -0.2) is 51.9 Å². The van der Waals surface area contributed by atoms with Gasteiger partial charge in [0.1, 0.15) is 5.82 Å². The van der Waals surface area contributed by atoms with Crippen molar-refractivity contribution in [2.24, 2.45) is 0 Å². The number of carbonyl (C=O) groups excluding carboxylic acids is 1. The highest BCUT2D eigenvalue weighted by Crippen LogP contribution is 2.39. The van der Waals surface area contributed by atoms with E-state index in [1.54, 1.807) is 44.8 Å². The number of rotatable bonds is 10. The SMILES string of the molecule is COc1ccc(C(C)(C)c2cnc(SCCNC(=O)c3ccc4nc[nH]c4c3)n2-c2ccc(F)cc2)cc1OC. The third-order valence-electron chi connectivity index (χ3n) is 6.86. The van der Waals surface area contributed by atoms with E-state index in [-0.39, 0.29) is 11.7 Å². The number of imidazole rings is 2. The normalized spacial score (nSPS) is 11.5. The monoisotopic (exact) mass is 559 g/mol. The van der Waals surface area contributed by atoms with Gasteiger partial charge in [-0.3, -0.25) is 9.36 Å². The molecule has 0 saturated carbocycles. The molecule has 206 valence electrons. The van der Waals surface area contributed by atoms with Crippen molar-refractivity contribution in [3.63, 3.8) is 0 Å². The van der Waals surface area contributed by atoms with Crippen LogP contribution in [0.4, 0.5) is 4.39 Å². The molecule has 3 aromatic carbocycles. The third kappa shape index (κ3) is 5.40. The van der Waals surface area contributed by atoms with Crippen molar-refractivity contribution in [3.8, 4) is 17.2 Å². The number of nitrogens with zero attached hydrogens (tertiary/aromatic N) is 3. The summed E-state index contributed by atoms with van der Waals surface area (Å²) in [5, 5.41) is 3.71. The van der Waals surface area contributed by atoms with Crippen molar-refractivity contribution in [2.45, 2.75) is 24.4 Å². The molecule has 0 aliphatic rings. The lowest BCUT2D eigenvalue weighted by Crippen LogP contribution is -2.26. The summed E-state index contributed by atoms with van der Waals surface area (Å²) >= 11 is 1.52. The Hall–Kier alpha value is -4.31. The number of aromatic amines is 1. The van der Waals surface area contributed by atoms with Gasteiger partial charge in [0.05, 0.1) is 43.5 Å². The van der Waals surface area contributed by atoms with E-state index in [1.807, 2.05) is 35.0 Å². The molecule has 40 heavy (non-hydrogen) atoms. The van der Waals surface area contributed by atoms with Gasteiger partial charge in [-0.2, -0.15) is 0 Å². The zero-order chi connectivity index (χ0) is 28.3. The Labute approximate surface area is 235 Å². The first-order valence-corrected chi connectivity index (χ1v) is 13.7. The Morgan fingerprint density at radius 3 is 2.55 bits per heavy atom. The van der Waals surface area contributed by atoms with Gasteiger partial charge >= 0.3 is 0 Å². The maximum atomic E-state index is 13.8. The van der Waals surface area contributed by atoms with Crippen molar-refractivity contribution < 1.29 is 18.7 Å². The van der Waals surface area contributed by atoms with Crippen molar-refractivity contribution in [1.29, 1.82) is 0 Å². The number of hydrogen-bond acceptors (Lipinski definition) is 6. The van der Waals surface area contributed by atoms with E-state index in [0.717, 1.165) is 33.1 Å². The van der Waals surface area contributed by atoms with E-state index in [9.17, 15) is 9.18 Å². The molecule has 10 heteroatoms. The minimum absolute atomic E-state index is 0.158. The van der Waals surface area contributed by atoms with E-state index < -0.39 is 5.41 Å². The first-order valence-electron chi connectivity index (χ1n) is 12.7. The lowest BCUT2D eigenvalue weighted by Gasteiger charge is -2.28. The number of thioether (sulfide) groups is 1. The summed E-state index contributed by atoms with van der Waals surface area (Å²) in [6.07, 6.45) is 3.45. The van der Waals surface area contributed by atoms with Crippen LogP contribution in [-0.2, 0) is 5.41 Å². The molecular weight excluding hydrogens is 529 g/mol. The molecule has 2 N–H and O–H groups in total. The van der Waals surface area contributed by atoms with Crippen molar-refractivity contribution in [3.05, 3.63) is 95.8 Å². The molecule has 0 unspecified atom stereocenters. The molecule has 0 bridgehead atoms. The number of fused-ring (bicyclic) bond motifs is 1. The number of aromatic nitrogens is 4. The molecule has 0 atom stereocenters.